The Bertz CT molecular complexity index is 4830. The summed E-state index contributed by atoms with van der Waals surface area (Å²) in [6, 6.07) is 17.0. The molecule has 2 amide bonds. The number of sulfone groups is 2. The number of urea groups is 1. The van der Waals surface area contributed by atoms with Gasteiger partial charge in [-0.2, -0.15) is 78.5 Å². The van der Waals surface area contributed by atoms with Gasteiger partial charge < -0.3 is 37.6 Å². The van der Waals surface area contributed by atoms with E-state index in [9.17, 15) is 64.4 Å². The molecule has 0 aliphatic rings. The molecule has 13 N–H and O–H groups in total. The zero-order valence-electron chi connectivity index (χ0n) is 47.9. The number of nitrogens with one attached hydrogen (secondary N) is 6. The second-order valence-electron chi connectivity index (χ2n) is 18.4. The Hall–Kier alpha value is -7.77. The minimum atomic E-state index is -5.16. The van der Waals surface area contributed by atoms with E-state index in [1.807, 2.05) is 0 Å². The zero-order chi connectivity index (χ0) is 70.5. The smallest absolute Gasteiger partial charge is 0.353 e. The summed E-state index contributed by atoms with van der Waals surface area (Å²) < 4.78 is 195. The predicted octanol–water partition coefficient (Wildman–Crippen LogP) is 6.35. The van der Waals surface area contributed by atoms with Crippen LogP contribution in [-0.4, -0.2) is 174 Å². The van der Waals surface area contributed by atoms with Crippen LogP contribution >= 0.6 is 58.8 Å². The van der Waals surface area contributed by atoms with Crippen LogP contribution in [-0.2, 0) is 78.4 Å². The molecule has 0 saturated carbocycles. The number of amides is 2. The zero-order valence-corrected chi connectivity index (χ0v) is 56.8. The van der Waals surface area contributed by atoms with Gasteiger partial charge in [-0.25, -0.2) is 35.3 Å². The molecule has 0 fully saturated rings. The minimum Gasteiger partial charge on any atom is -0.353 e. The fraction of sp³-hybridized carbons (Fsp3) is 0.174. The van der Waals surface area contributed by atoms with Gasteiger partial charge in [-0.3, -0.25) is 18.2 Å². The normalized spacial score (nSPS) is 12.4. The maximum atomic E-state index is 12.7. The summed E-state index contributed by atoms with van der Waals surface area (Å²) in [4.78, 5) is 48.7. The second kappa shape index (κ2) is 32.3. The molecule has 0 aliphatic carbocycles. The number of nitrogens with two attached hydrogens (primary N) is 1. The van der Waals surface area contributed by atoms with Gasteiger partial charge in [-0.05, 0) is 120 Å². The molecule has 0 bridgehead atoms. The van der Waals surface area contributed by atoms with Gasteiger partial charge in [0, 0.05) is 51.9 Å². The standard InChI is InChI=1S/C46H44Cl2N18O22S9/c47-37-56-40(60-42(58-37)52-25-1-6-29(7-2-25)92(69,70)17-13-85-96(79,80)81)50-11-15-89-45-62-44(63-46(64-45)90-16-12-51-41-57-38(48)59-43(61-41)53-26-3-8-30(9-4-26)93(71,72)18-14-86-97(82,83)84)54-27-5-10-32(33(21-27)55-39(49)67)65-66-34-23-31-24(20-36(34)95(76,77)78)19-28(91-88-87-68)22-35(31)94(73,74)75/h1-10,19-23,68H,11-18H2,(H3,49,55,67)(H,73,74,75)(H,76,77,78)(H,79,80,81)(H,82,83,84)(H,54,62,63,64)(H2,50,52,56,58,60)(H2,51,53,57,59,61). The van der Waals surface area contributed by atoms with Crippen molar-refractivity contribution in [3.63, 3.8) is 0 Å². The van der Waals surface area contributed by atoms with E-state index in [4.69, 9.17) is 43.3 Å². The molecule has 51 heteroatoms. The van der Waals surface area contributed by atoms with Crippen LogP contribution in [0.2, 0.25) is 10.6 Å². The van der Waals surface area contributed by atoms with E-state index in [0.717, 1.165) is 41.7 Å². The van der Waals surface area contributed by atoms with Crippen LogP contribution in [0.5, 0.6) is 0 Å². The SMILES string of the molecule is NC(=O)Nc1cc(Nc2nc(SCCNc3nc(Cl)nc(Nc4ccc(S(=O)(=O)CCOS(=O)(=O)O)cc4)n3)nc(SCCNc3nc(Cl)nc(Nc4ccc(S(=O)(=O)CCOS(=O)(=O)O)cc4)n3)n2)ccc1N=Nc1cc2c(S(=O)(=O)O)cc(SOOO)cc2cc1S(=O)(=O)O. The van der Waals surface area contributed by atoms with Crippen LogP contribution in [0.3, 0.4) is 0 Å². The highest BCUT2D eigenvalue weighted by molar-refractivity contribution is 7.99. The lowest BCUT2D eigenvalue weighted by Crippen LogP contribution is -2.19. The first-order valence-electron chi connectivity index (χ1n) is 25.9. The summed E-state index contributed by atoms with van der Waals surface area (Å²) >= 11 is 14.9. The first-order valence-corrected chi connectivity index (χ1v) is 38.3. The number of hydrogen-bond donors (Lipinski definition) is 12. The van der Waals surface area contributed by atoms with Crippen molar-refractivity contribution in [3.8, 4) is 0 Å². The van der Waals surface area contributed by atoms with Gasteiger partial charge in [-0.15, -0.1) is 14.6 Å². The van der Waals surface area contributed by atoms with Crippen molar-refractivity contribution >= 4 is 200 Å². The highest BCUT2D eigenvalue weighted by Gasteiger charge is 2.25. The Labute approximate surface area is 570 Å². The lowest BCUT2D eigenvalue weighted by Gasteiger charge is -2.12. The van der Waals surface area contributed by atoms with Crippen molar-refractivity contribution in [1.29, 1.82) is 0 Å². The molecule has 97 heavy (non-hydrogen) atoms. The van der Waals surface area contributed by atoms with Gasteiger partial charge in [0.2, 0.25) is 40.3 Å². The summed E-state index contributed by atoms with van der Waals surface area (Å²) in [6.07, 6.45) is 0. The van der Waals surface area contributed by atoms with Gasteiger partial charge in [-0.1, -0.05) is 28.6 Å². The summed E-state index contributed by atoms with van der Waals surface area (Å²) in [5.74, 6) is -1.27. The van der Waals surface area contributed by atoms with Crippen LogP contribution < -0.4 is 37.6 Å². The second-order valence-corrected chi connectivity index (χ2v) is 31.2. The molecule has 8 aromatic rings. The number of nitrogens with zero attached hydrogens (tertiary/aromatic N) is 11. The van der Waals surface area contributed by atoms with Gasteiger partial charge in [0.15, 0.2) is 30.0 Å². The van der Waals surface area contributed by atoms with Crippen molar-refractivity contribution < 1.29 is 96.5 Å². The van der Waals surface area contributed by atoms with Crippen LogP contribution in [0.25, 0.3) is 10.8 Å². The number of halogens is 2. The summed E-state index contributed by atoms with van der Waals surface area (Å²) in [5, 5.41) is 36.5. The quantitative estimate of drug-likeness (QED) is 0.00397. The number of hydrogen-bond acceptors (Lipinski definition) is 37. The van der Waals surface area contributed by atoms with Gasteiger partial charge >= 0.3 is 26.8 Å². The molecule has 3 aromatic heterocycles. The third-order valence-corrected chi connectivity index (χ3v) is 20.3. The molecule has 0 saturated heterocycles. The summed E-state index contributed by atoms with van der Waals surface area (Å²) in [5.41, 5.74) is 5.29. The van der Waals surface area contributed by atoms with E-state index in [1.165, 1.54) is 72.8 Å². The fourth-order valence-electron chi connectivity index (χ4n) is 7.68. The number of carbonyl (C=O) groups excluding carboxylic acids is 1. The number of fused-ring (bicyclic) bond motifs is 1. The third kappa shape index (κ3) is 23.2. The molecule has 40 nitrogen and oxygen atoms in total. The van der Waals surface area contributed by atoms with Crippen LogP contribution in [0, 0.1) is 0 Å². The van der Waals surface area contributed by atoms with Crippen LogP contribution in [0.4, 0.5) is 68.7 Å². The molecule has 3 heterocycles. The average molecular weight is 1560 g/mol. The Morgan fingerprint density at radius 2 is 0.979 bits per heavy atom. The molecular weight excluding hydrogens is 1520 g/mol. The number of primary amides is 1. The fourth-order valence-corrected chi connectivity index (χ4v) is 14.3. The minimum absolute atomic E-state index is 0.000377. The molecule has 8 rings (SSSR count). The number of benzene rings is 5. The highest BCUT2D eigenvalue weighted by Crippen LogP contribution is 2.39. The Kier molecular flexibility index (Phi) is 25.0. The lowest BCUT2D eigenvalue weighted by molar-refractivity contribution is -0.432. The van der Waals surface area contributed by atoms with E-state index < -0.39 is 107 Å². The van der Waals surface area contributed by atoms with Gasteiger partial charge in [0.05, 0.1) is 52.2 Å². The van der Waals surface area contributed by atoms with E-state index in [1.54, 1.807) is 0 Å². The van der Waals surface area contributed by atoms with Crippen molar-refractivity contribution in [2.24, 2.45) is 16.0 Å². The van der Waals surface area contributed by atoms with Crippen molar-refractivity contribution in [3.05, 3.63) is 102 Å². The number of thioether (sulfide) groups is 2. The molecule has 0 radical (unpaired) electrons. The highest BCUT2D eigenvalue weighted by atomic mass is 35.5. The molecule has 0 aliphatic heterocycles. The first-order chi connectivity index (χ1) is 45.6. The summed E-state index contributed by atoms with van der Waals surface area (Å²) in [6.45, 7) is -1.38. The lowest BCUT2D eigenvalue weighted by atomic mass is 10.1. The monoisotopic (exact) mass is 1560 g/mol. The Balaban J connectivity index is 1.00. The van der Waals surface area contributed by atoms with E-state index in [-0.39, 0.29) is 130 Å². The molecule has 5 aromatic carbocycles. The van der Waals surface area contributed by atoms with Crippen molar-refractivity contribution in [2.75, 3.05) is 81.2 Å². The Morgan fingerprint density at radius 3 is 1.44 bits per heavy atom. The number of azo groups is 1. The number of anilines is 9. The largest absolute Gasteiger partial charge is 0.397 e. The first kappa shape index (κ1) is 75.0. The number of rotatable bonds is 34. The Morgan fingerprint density at radius 1 is 0.526 bits per heavy atom. The molecule has 518 valence electrons. The third-order valence-electron chi connectivity index (χ3n) is 11.6. The van der Waals surface area contributed by atoms with E-state index >= 15 is 0 Å². The molecule has 0 unspecified atom stereocenters. The predicted molar refractivity (Wildman–Crippen MR) is 348 cm³/mol. The van der Waals surface area contributed by atoms with Gasteiger partial charge in [0.25, 0.3) is 20.2 Å². The number of aromatic nitrogens is 9. The van der Waals surface area contributed by atoms with E-state index in [0.29, 0.717) is 11.4 Å². The molecule has 0 spiro atoms. The average Bonchev–Trinajstić information content (AvgIpc) is 0.754. The van der Waals surface area contributed by atoms with Crippen LogP contribution in [0.15, 0.2) is 136 Å². The maximum Gasteiger partial charge on any atom is 0.397 e. The number of carbonyl (C=O) groups is 1. The summed E-state index contributed by atoms with van der Waals surface area (Å²) in [7, 11) is -28.0. The van der Waals surface area contributed by atoms with Gasteiger partial charge in [0.1, 0.15) is 21.2 Å². The maximum absolute atomic E-state index is 12.7. The van der Waals surface area contributed by atoms with Crippen LogP contribution in [0.1, 0.15) is 0 Å². The topological polar surface area (TPSA) is 599 Å². The van der Waals surface area contributed by atoms with Crippen molar-refractivity contribution in [1.82, 2.24) is 44.9 Å². The molecular formula is C46H44Cl2N18O22S9. The molecule has 0 atom stereocenters. The van der Waals surface area contributed by atoms with Crippen molar-refractivity contribution in [2.45, 2.75) is 34.8 Å². The van der Waals surface area contributed by atoms with E-state index in [2.05, 4.69) is 105 Å².